The quantitative estimate of drug-likeness (QED) is 0.235. The Kier molecular flexibility index (Phi) is 12.5. The van der Waals surface area contributed by atoms with Gasteiger partial charge in [0.05, 0.1) is 12.6 Å². The van der Waals surface area contributed by atoms with Crippen LogP contribution in [0.4, 0.5) is 0 Å². The minimum Gasteiger partial charge on any atom is -0.491 e. The van der Waals surface area contributed by atoms with Gasteiger partial charge < -0.3 is 25.0 Å². The van der Waals surface area contributed by atoms with Crippen molar-refractivity contribution < 1.29 is 9.84 Å². The largest absolute Gasteiger partial charge is 0.491 e. The lowest BCUT2D eigenvalue weighted by Gasteiger charge is -2.29. The van der Waals surface area contributed by atoms with Crippen molar-refractivity contribution in [1.29, 1.82) is 0 Å². The van der Waals surface area contributed by atoms with Crippen molar-refractivity contribution in [1.82, 2.24) is 15.1 Å². The Morgan fingerprint density at radius 2 is 2.04 bits per heavy atom. The van der Waals surface area contributed by atoms with Crippen LogP contribution in [0, 0.1) is 6.92 Å². The second-order valence-corrected chi connectivity index (χ2v) is 7.20. The summed E-state index contributed by atoms with van der Waals surface area (Å²) >= 11 is 0. The molecule has 0 amide bonds. The molecule has 0 aliphatic carbocycles. The summed E-state index contributed by atoms with van der Waals surface area (Å²) in [5.74, 6) is 1.87. The van der Waals surface area contributed by atoms with E-state index in [0.717, 1.165) is 75.8 Å². The van der Waals surface area contributed by atoms with Crippen LogP contribution in [0.5, 0.6) is 5.75 Å². The standard InChI is InChI=1S/C21H36N4O2.HI/c1-4-22-21(23-12-7-13-25-14-10-19(26)11-15-25)24(3)16-17-27-20-9-6-5-8-18(20)2;/h5-6,8-9,19,26H,4,7,10-17H2,1-3H3,(H,22,23);1H. The summed E-state index contributed by atoms with van der Waals surface area (Å²) in [6, 6.07) is 8.10. The molecular weight excluding hydrogens is 467 g/mol. The van der Waals surface area contributed by atoms with Crippen LogP contribution >= 0.6 is 24.0 Å². The number of piperidine rings is 1. The molecule has 160 valence electrons. The number of para-hydroxylation sites is 1. The summed E-state index contributed by atoms with van der Waals surface area (Å²) < 4.78 is 5.90. The van der Waals surface area contributed by atoms with Gasteiger partial charge in [-0.25, -0.2) is 0 Å². The molecule has 1 aromatic carbocycles. The van der Waals surface area contributed by atoms with Gasteiger partial charge in [-0.05, 0) is 51.3 Å². The summed E-state index contributed by atoms with van der Waals surface area (Å²) in [6.45, 7) is 10.3. The highest BCUT2D eigenvalue weighted by Crippen LogP contribution is 2.15. The number of aliphatic hydroxyl groups excluding tert-OH is 1. The highest BCUT2D eigenvalue weighted by molar-refractivity contribution is 14.0. The van der Waals surface area contributed by atoms with Crippen molar-refractivity contribution in [2.45, 2.75) is 39.2 Å². The zero-order valence-electron chi connectivity index (χ0n) is 17.6. The summed E-state index contributed by atoms with van der Waals surface area (Å²) in [5, 5.41) is 12.9. The number of guanidine groups is 1. The zero-order valence-corrected chi connectivity index (χ0v) is 19.9. The number of aryl methyl sites for hydroxylation is 1. The first-order chi connectivity index (χ1) is 13.1. The monoisotopic (exact) mass is 504 g/mol. The van der Waals surface area contributed by atoms with Crippen molar-refractivity contribution in [2.24, 2.45) is 4.99 Å². The average molecular weight is 504 g/mol. The molecule has 2 rings (SSSR count). The number of halogens is 1. The number of aliphatic imine (C=N–C) groups is 1. The number of likely N-dealkylation sites (N-methyl/N-ethyl adjacent to an activating group) is 1. The number of nitrogens with one attached hydrogen (secondary N) is 1. The summed E-state index contributed by atoms with van der Waals surface area (Å²) in [7, 11) is 2.05. The van der Waals surface area contributed by atoms with Crippen LogP contribution in [0.1, 0.15) is 31.7 Å². The van der Waals surface area contributed by atoms with E-state index in [1.54, 1.807) is 0 Å². The van der Waals surface area contributed by atoms with Crippen LogP contribution < -0.4 is 10.1 Å². The van der Waals surface area contributed by atoms with Crippen LogP contribution in [-0.4, -0.2) is 79.9 Å². The second kappa shape index (κ2) is 14.0. The summed E-state index contributed by atoms with van der Waals surface area (Å²) in [4.78, 5) is 9.31. The number of hydrogen-bond donors (Lipinski definition) is 2. The SMILES string of the molecule is CCNC(=NCCCN1CCC(O)CC1)N(C)CCOc1ccccc1C.I. The van der Waals surface area contributed by atoms with Gasteiger partial charge in [0.25, 0.3) is 0 Å². The number of ether oxygens (including phenoxy) is 1. The predicted molar refractivity (Wildman–Crippen MR) is 127 cm³/mol. The van der Waals surface area contributed by atoms with Crippen LogP contribution in [-0.2, 0) is 0 Å². The van der Waals surface area contributed by atoms with E-state index in [1.807, 2.05) is 18.2 Å². The molecule has 7 heteroatoms. The molecule has 0 aromatic heterocycles. The molecule has 2 N–H and O–H groups in total. The van der Waals surface area contributed by atoms with Crippen molar-refractivity contribution >= 4 is 29.9 Å². The van der Waals surface area contributed by atoms with E-state index in [-0.39, 0.29) is 30.1 Å². The number of likely N-dealkylation sites (tertiary alicyclic amines) is 1. The lowest BCUT2D eigenvalue weighted by Crippen LogP contribution is -2.41. The van der Waals surface area contributed by atoms with Crippen LogP contribution in [0.3, 0.4) is 0 Å². The molecular formula is C21H37IN4O2. The fourth-order valence-corrected chi connectivity index (χ4v) is 3.21. The molecule has 0 unspecified atom stereocenters. The fourth-order valence-electron chi connectivity index (χ4n) is 3.21. The van der Waals surface area contributed by atoms with Gasteiger partial charge in [0, 0.05) is 33.2 Å². The predicted octanol–water partition coefficient (Wildman–Crippen LogP) is 2.74. The Morgan fingerprint density at radius 1 is 1.32 bits per heavy atom. The molecule has 0 bridgehead atoms. The average Bonchev–Trinajstić information content (AvgIpc) is 2.67. The molecule has 1 aliphatic heterocycles. The van der Waals surface area contributed by atoms with Gasteiger partial charge in [-0.1, -0.05) is 18.2 Å². The fraction of sp³-hybridized carbons (Fsp3) is 0.667. The lowest BCUT2D eigenvalue weighted by atomic mass is 10.1. The Bertz CT molecular complexity index is 577. The minimum atomic E-state index is -0.102. The number of benzene rings is 1. The number of aliphatic hydroxyl groups is 1. The molecule has 1 aromatic rings. The van der Waals surface area contributed by atoms with E-state index in [1.165, 1.54) is 0 Å². The molecule has 0 spiro atoms. The van der Waals surface area contributed by atoms with Gasteiger partial charge in [-0.2, -0.15) is 0 Å². The van der Waals surface area contributed by atoms with Gasteiger partial charge in [-0.3, -0.25) is 4.99 Å². The molecule has 0 atom stereocenters. The highest BCUT2D eigenvalue weighted by Gasteiger charge is 2.16. The first-order valence-electron chi connectivity index (χ1n) is 10.2. The molecule has 28 heavy (non-hydrogen) atoms. The Balaban J connectivity index is 0.00000392. The molecule has 1 aliphatic rings. The number of hydrogen-bond acceptors (Lipinski definition) is 4. The Labute approximate surface area is 187 Å². The normalized spacial score (nSPS) is 15.8. The van der Waals surface area contributed by atoms with Crippen molar-refractivity contribution in [3.8, 4) is 5.75 Å². The van der Waals surface area contributed by atoms with Gasteiger partial charge in [-0.15, -0.1) is 24.0 Å². The third-order valence-electron chi connectivity index (χ3n) is 4.93. The first kappa shape index (κ1) is 25.0. The van der Waals surface area contributed by atoms with Crippen molar-refractivity contribution in [2.75, 3.05) is 52.9 Å². The number of nitrogens with zero attached hydrogens (tertiary/aromatic N) is 3. The zero-order chi connectivity index (χ0) is 19.5. The van der Waals surface area contributed by atoms with Crippen molar-refractivity contribution in [3.05, 3.63) is 29.8 Å². The molecule has 1 heterocycles. The van der Waals surface area contributed by atoms with Crippen LogP contribution in [0.2, 0.25) is 0 Å². The van der Waals surface area contributed by atoms with E-state index in [9.17, 15) is 5.11 Å². The van der Waals surface area contributed by atoms with Crippen LogP contribution in [0.25, 0.3) is 0 Å². The topological polar surface area (TPSA) is 60.3 Å². The highest BCUT2D eigenvalue weighted by atomic mass is 127. The molecule has 1 saturated heterocycles. The van der Waals surface area contributed by atoms with E-state index in [0.29, 0.717) is 6.61 Å². The van der Waals surface area contributed by atoms with Crippen molar-refractivity contribution in [3.63, 3.8) is 0 Å². The third kappa shape index (κ3) is 8.96. The minimum absolute atomic E-state index is 0. The van der Waals surface area contributed by atoms with Gasteiger partial charge >= 0.3 is 0 Å². The molecule has 0 saturated carbocycles. The van der Waals surface area contributed by atoms with Gasteiger partial charge in [0.15, 0.2) is 5.96 Å². The second-order valence-electron chi connectivity index (χ2n) is 7.20. The first-order valence-corrected chi connectivity index (χ1v) is 10.2. The maximum atomic E-state index is 9.58. The summed E-state index contributed by atoms with van der Waals surface area (Å²) in [5.41, 5.74) is 1.16. The number of rotatable bonds is 9. The van der Waals surface area contributed by atoms with Crippen LogP contribution in [0.15, 0.2) is 29.3 Å². The molecule has 1 fully saturated rings. The van der Waals surface area contributed by atoms with E-state index < -0.39 is 0 Å². The summed E-state index contributed by atoms with van der Waals surface area (Å²) in [6.07, 6.45) is 2.74. The van der Waals surface area contributed by atoms with E-state index >= 15 is 0 Å². The smallest absolute Gasteiger partial charge is 0.193 e. The maximum absolute atomic E-state index is 9.58. The van der Waals surface area contributed by atoms with E-state index in [4.69, 9.17) is 9.73 Å². The molecule has 0 radical (unpaired) electrons. The Hall–Kier alpha value is -1.06. The molecule has 6 nitrogen and oxygen atoms in total. The van der Waals surface area contributed by atoms with E-state index in [2.05, 4.69) is 42.1 Å². The van der Waals surface area contributed by atoms with Gasteiger partial charge in [0.2, 0.25) is 0 Å². The maximum Gasteiger partial charge on any atom is 0.193 e. The third-order valence-corrected chi connectivity index (χ3v) is 4.93. The Morgan fingerprint density at radius 3 is 2.71 bits per heavy atom. The lowest BCUT2D eigenvalue weighted by molar-refractivity contribution is 0.0824. The van der Waals surface area contributed by atoms with Gasteiger partial charge in [0.1, 0.15) is 12.4 Å².